The Hall–Kier alpha value is -0.730. The van der Waals surface area contributed by atoms with Crippen molar-refractivity contribution >= 4 is 11.6 Å². The van der Waals surface area contributed by atoms with Gasteiger partial charge in [-0.05, 0) is 27.0 Å². The number of hydrogen-bond donors (Lipinski definition) is 1. The number of benzene rings is 1. The van der Waals surface area contributed by atoms with Gasteiger partial charge in [0.15, 0.2) is 0 Å². The van der Waals surface area contributed by atoms with Gasteiger partial charge in [0, 0.05) is 11.1 Å². The molecule has 1 aromatic carbocycles. The Morgan fingerprint density at radius 2 is 2.00 bits per heavy atom. The van der Waals surface area contributed by atoms with Crippen LogP contribution < -0.4 is 10.1 Å². The third kappa shape index (κ3) is 2.02. The fourth-order valence-corrected chi connectivity index (χ4v) is 1.59. The highest BCUT2D eigenvalue weighted by Crippen LogP contribution is 2.34. The number of methoxy groups -OCH3 is 1. The molecule has 0 saturated carbocycles. The van der Waals surface area contributed by atoms with Crippen LogP contribution in [0.15, 0.2) is 18.2 Å². The zero-order chi connectivity index (χ0) is 10.8. The number of rotatable bonds is 3. The fourth-order valence-electron chi connectivity index (χ4n) is 1.34. The van der Waals surface area contributed by atoms with E-state index in [9.17, 15) is 0 Å². The van der Waals surface area contributed by atoms with Crippen molar-refractivity contribution in [1.82, 2.24) is 5.32 Å². The van der Waals surface area contributed by atoms with Crippen LogP contribution in [0, 0.1) is 0 Å². The third-order valence-electron chi connectivity index (χ3n) is 2.47. The number of para-hydroxylation sites is 1. The minimum atomic E-state index is -0.143. The van der Waals surface area contributed by atoms with Gasteiger partial charge in [-0.2, -0.15) is 0 Å². The second-order valence-corrected chi connectivity index (χ2v) is 4.10. The molecule has 0 aliphatic heterocycles. The van der Waals surface area contributed by atoms with Crippen LogP contribution in [0.5, 0.6) is 5.75 Å². The molecule has 0 saturated heterocycles. The van der Waals surface area contributed by atoms with Gasteiger partial charge in [0.25, 0.3) is 0 Å². The van der Waals surface area contributed by atoms with E-state index in [0.29, 0.717) is 5.02 Å². The highest BCUT2D eigenvalue weighted by molar-refractivity contribution is 6.32. The second kappa shape index (κ2) is 4.20. The Bertz CT molecular complexity index is 323. The molecule has 1 N–H and O–H groups in total. The summed E-state index contributed by atoms with van der Waals surface area (Å²) in [5, 5.41) is 3.87. The van der Waals surface area contributed by atoms with Crippen LogP contribution in [0.25, 0.3) is 0 Å². The Morgan fingerprint density at radius 1 is 1.36 bits per heavy atom. The highest BCUT2D eigenvalue weighted by Gasteiger charge is 2.23. The SMILES string of the molecule is CNC(C)(C)c1cccc(Cl)c1OC. The first kappa shape index (κ1) is 11.3. The minimum absolute atomic E-state index is 0.143. The topological polar surface area (TPSA) is 21.3 Å². The molecular formula is C11H16ClNO. The maximum atomic E-state index is 6.04. The molecule has 0 amide bonds. The molecule has 0 bridgehead atoms. The molecule has 0 aliphatic rings. The molecule has 0 atom stereocenters. The predicted molar refractivity (Wildman–Crippen MR) is 60.1 cm³/mol. The van der Waals surface area contributed by atoms with Crippen LogP contribution in [0.4, 0.5) is 0 Å². The van der Waals surface area contributed by atoms with E-state index in [1.807, 2.05) is 25.2 Å². The van der Waals surface area contributed by atoms with E-state index in [-0.39, 0.29) is 5.54 Å². The van der Waals surface area contributed by atoms with Crippen LogP contribution in [-0.4, -0.2) is 14.2 Å². The van der Waals surface area contributed by atoms with Gasteiger partial charge in [-0.3, -0.25) is 0 Å². The lowest BCUT2D eigenvalue weighted by Gasteiger charge is -2.26. The quantitative estimate of drug-likeness (QED) is 0.834. The monoisotopic (exact) mass is 213 g/mol. The van der Waals surface area contributed by atoms with Gasteiger partial charge < -0.3 is 10.1 Å². The largest absolute Gasteiger partial charge is 0.495 e. The summed E-state index contributed by atoms with van der Waals surface area (Å²) >= 11 is 6.04. The molecule has 3 heteroatoms. The molecule has 14 heavy (non-hydrogen) atoms. The Balaban J connectivity index is 3.27. The van der Waals surface area contributed by atoms with E-state index in [1.54, 1.807) is 7.11 Å². The molecular weight excluding hydrogens is 198 g/mol. The van der Waals surface area contributed by atoms with Gasteiger partial charge in [0.2, 0.25) is 0 Å². The highest BCUT2D eigenvalue weighted by atomic mass is 35.5. The number of halogens is 1. The third-order valence-corrected chi connectivity index (χ3v) is 2.77. The molecule has 0 aliphatic carbocycles. The van der Waals surface area contributed by atoms with Crippen molar-refractivity contribution in [3.05, 3.63) is 28.8 Å². The standard InChI is InChI=1S/C11H16ClNO/c1-11(2,13-3)8-6-5-7-9(12)10(8)14-4/h5-7,13H,1-4H3. The minimum Gasteiger partial charge on any atom is -0.495 e. The first-order chi connectivity index (χ1) is 6.53. The number of hydrogen-bond acceptors (Lipinski definition) is 2. The van der Waals surface area contributed by atoms with Gasteiger partial charge in [-0.15, -0.1) is 0 Å². The molecule has 1 aromatic rings. The molecule has 0 fully saturated rings. The summed E-state index contributed by atoms with van der Waals surface area (Å²) in [7, 11) is 3.55. The van der Waals surface area contributed by atoms with Crippen LogP contribution >= 0.6 is 11.6 Å². The molecule has 0 heterocycles. The molecule has 0 aromatic heterocycles. The maximum absolute atomic E-state index is 6.04. The first-order valence-corrected chi connectivity index (χ1v) is 4.92. The zero-order valence-electron chi connectivity index (χ0n) is 9.02. The van der Waals surface area contributed by atoms with E-state index in [2.05, 4.69) is 19.2 Å². The average molecular weight is 214 g/mol. The van der Waals surface area contributed by atoms with Crippen molar-refractivity contribution in [2.45, 2.75) is 19.4 Å². The van der Waals surface area contributed by atoms with Crippen molar-refractivity contribution in [3.63, 3.8) is 0 Å². The number of nitrogens with one attached hydrogen (secondary N) is 1. The zero-order valence-corrected chi connectivity index (χ0v) is 9.77. The second-order valence-electron chi connectivity index (χ2n) is 3.70. The average Bonchev–Trinajstić information content (AvgIpc) is 2.17. The summed E-state index contributed by atoms with van der Waals surface area (Å²) in [5.74, 6) is 0.744. The van der Waals surface area contributed by atoms with Gasteiger partial charge in [-0.25, -0.2) is 0 Å². The van der Waals surface area contributed by atoms with Crippen LogP contribution in [0.1, 0.15) is 19.4 Å². The Labute approximate surface area is 90.2 Å². The lowest BCUT2D eigenvalue weighted by molar-refractivity contribution is 0.375. The molecule has 1 rings (SSSR count). The Morgan fingerprint density at radius 3 is 2.50 bits per heavy atom. The summed E-state index contributed by atoms with van der Waals surface area (Å²) < 4.78 is 5.29. The maximum Gasteiger partial charge on any atom is 0.142 e. The van der Waals surface area contributed by atoms with E-state index >= 15 is 0 Å². The molecule has 0 radical (unpaired) electrons. The van der Waals surface area contributed by atoms with E-state index in [1.165, 1.54) is 0 Å². The summed E-state index contributed by atoms with van der Waals surface area (Å²) in [6, 6.07) is 5.77. The Kier molecular flexibility index (Phi) is 3.40. The van der Waals surface area contributed by atoms with Crippen molar-refractivity contribution in [1.29, 1.82) is 0 Å². The first-order valence-electron chi connectivity index (χ1n) is 4.55. The smallest absolute Gasteiger partial charge is 0.142 e. The summed E-state index contributed by atoms with van der Waals surface area (Å²) in [5.41, 5.74) is 0.922. The summed E-state index contributed by atoms with van der Waals surface area (Å²) in [4.78, 5) is 0. The fraction of sp³-hybridized carbons (Fsp3) is 0.455. The molecule has 78 valence electrons. The molecule has 2 nitrogen and oxygen atoms in total. The lowest BCUT2D eigenvalue weighted by Crippen LogP contribution is -2.33. The summed E-state index contributed by atoms with van der Waals surface area (Å²) in [6.45, 7) is 4.17. The van der Waals surface area contributed by atoms with Crippen molar-refractivity contribution < 1.29 is 4.74 Å². The van der Waals surface area contributed by atoms with E-state index in [4.69, 9.17) is 16.3 Å². The van der Waals surface area contributed by atoms with Gasteiger partial charge >= 0.3 is 0 Å². The van der Waals surface area contributed by atoms with Gasteiger partial charge in [0.05, 0.1) is 12.1 Å². The van der Waals surface area contributed by atoms with Gasteiger partial charge in [0.1, 0.15) is 5.75 Å². The van der Waals surface area contributed by atoms with Crippen LogP contribution in [-0.2, 0) is 5.54 Å². The van der Waals surface area contributed by atoms with Gasteiger partial charge in [-0.1, -0.05) is 23.7 Å². The van der Waals surface area contributed by atoms with E-state index in [0.717, 1.165) is 11.3 Å². The normalized spacial score (nSPS) is 11.5. The van der Waals surface area contributed by atoms with E-state index < -0.39 is 0 Å². The predicted octanol–water partition coefficient (Wildman–Crippen LogP) is 2.80. The van der Waals surface area contributed by atoms with Crippen LogP contribution in [0.2, 0.25) is 5.02 Å². The molecule has 0 unspecified atom stereocenters. The van der Waals surface area contributed by atoms with Crippen LogP contribution in [0.3, 0.4) is 0 Å². The summed E-state index contributed by atoms with van der Waals surface area (Å²) in [6.07, 6.45) is 0. The molecule has 0 spiro atoms. The van der Waals surface area contributed by atoms with Crippen molar-refractivity contribution in [3.8, 4) is 5.75 Å². The van der Waals surface area contributed by atoms with Crippen molar-refractivity contribution in [2.24, 2.45) is 0 Å². The lowest BCUT2D eigenvalue weighted by atomic mass is 9.93. The number of ether oxygens (including phenoxy) is 1. The van der Waals surface area contributed by atoms with Crippen molar-refractivity contribution in [2.75, 3.05) is 14.2 Å².